The zero-order valence-electron chi connectivity index (χ0n) is 16.4. The molecule has 0 unspecified atom stereocenters. The summed E-state index contributed by atoms with van der Waals surface area (Å²) < 4.78 is 5.69. The maximum Gasteiger partial charge on any atom is 1.00 e. The molecule has 1 aromatic heterocycles. The largest absolute Gasteiger partial charge is 1.00 e. The van der Waals surface area contributed by atoms with Crippen molar-refractivity contribution in [1.82, 2.24) is 4.98 Å². The average molecular weight is 388 g/mol. The minimum Gasteiger partial charge on any atom is -1.00 e. The Hall–Kier alpha value is -2.94. The number of ether oxygens (including phenoxy) is 1. The summed E-state index contributed by atoms with van der Waals surface area (Å²) in [5.74, 6) is 0.419. The first kappa shape index (κ1) is 21.4. The number of rotatable bonds is 6. The van der Waals surface area contributed by atoms with E-state index in [4.69, 9.17) is 4.74 Å². The van der Waals surface area contributed by atoms with E-state index in [0.717, 1.165) is 6.20 Å². The van der Waals surface area contributed by atoms with Gasteiger partial charge in [0, 0.05) is 30.4 Å². The standard InChI is InChI=1S/C19H16N4O4.Na.H/c1-13(24)21-15-8-5-9-16(10-15)27-19-11-17(18(12-20-19)23(25)26)22-14-6-3-2-4-7-14;;/h2-12H,1H3,(H,20,22)(H,21,24);;/q;+1;-1. The number of para-hydroxylation sites is 1. The second kappa shape index (κ2) is 9.84. The summed E-state index contributed by atoms with van der Waals surface area (Å²) in [5.41, 5.74) is 1.36. The van der Waals surface area contributed by atoms with Gasteiger partial charge in [0.15, 0.2) is 0 Å². The molecule has 2 aromatic carbocycles. The van der Waals surface area contributed by atoms with Gasteiger partial charge in [0.05, 0.1) is 4.92 Å². The Morgan fingerprint density at radius 3 is 2.50 bits per heavy atom. The molecule has 0 atom stereocenters. The number of benzene rings is 2. The Bertz CT molecular complexity index is 989. The molecule has 2 N–H and O–H groups in total. The van der Waals surface area contributed by atoms with E-state index in [0.29, 0.717) is 17.1 Å². The third-order valence-corrected chi connectivity index (χ3v) is 3.48. The van der Waals surface area contributed by atoms with Crippen molar-refractivity contribution in [3.8, 4) is 11.6 Å². The zero-order valence-corrected chi connectivity index (χ0v) is 17.4. The van der Waals surface area contributed by atoms with Gasteiger partial charge in [0.2, 0.25) is 11.8 Å². The van der Waals surface area contributed by atoms with Crippen LogP contribution < -0.4 is 44.9 Å². The molecule has 0 bridgehead atoms. The van der Waals surface area contributed by atoms with Crippen LogP contribution in [0.15, 0.2) is 66.9 Å². The number of nitrogens with one attached hydrogen (secondary N) is 2. The van der Waals surface area contributed by atoms with E-state index < -0.39 is 4.92 Å². The third kappa shape index (κ3) is 5.78. The van der Waals surface area contributed by atoms with Crippen LogP contribution in [0.5, 0.6) is 11.6 Å². The van der Waals surface area contributed by atoms with E-state index in [-0.39, 0.29) is 54.1 Å². The van der Waals surface area contributed by atoms with Crippen LogP contribution in [0.3, 0.4) is 0 Å². The second-order valence-corrected chi connectivity index (χ2v) is 5.60. The number of hydrogen-bond donors (Lipinski definition) is 2. The predicted molar refractivity (Wildman–Crippen MR) is 103 cm³/mol. The SMILES string of the molecule is CC(=O)Nc1cccc(Oc2cc(Nc3ccccc3)c([N+](=O)[O-])cn2)c1.[H-].[Na+]. The van der Waals surface area contributed by atoms with Crippen LogP contribution in [0.4, 0.5) is 22.7 Å². The van der Waals surface area contributed by atoms with Crippen molar-refractivity contribution in [2.24, 2.45) is 0 Å². The van der Waals surface area contributed by atoms with Crippen molar-refractivity contribution >= 4 is 28.7 Å². The first-order valence-electron chi connectivity index (χ1n) is 8.03. The summed E-state index contributed by atoms with van der Waals surface area (Å²) >= 11 is 0. The molecule has 0 spiro atoms. The molecule has 0 saturated heterocycles. The van der Waals surface area contributed by atoms with Gasteiger partial charge in [-0.3, -0.25) is 14.9 Å². The molecule has 0 aliphatic carbocycles. The van der Waals surface area contributed by atoms with Crippen LogP contribution >= 0.6 is 0 Å². The van der Waals surface area contributed by atoms with Gasteiger partial charge in [-0.25, -0.2) is 4.98 Å². The van der Waals surface area contributed by atoms with Gasteiger partial charge in [-0.2, -0.15) is 0 Å². The summed E-state index contributed by atoms with van der Waals surface area (Å²) in [6.45, 7) is 1.41. The minimum absolute atomic E-state index is 0. The van der Waals surface area contributed by atoms with Gasteiger partial charge < -0.3 is 16.8 Å². The molecular formula is C19H17N4NaO4. The molecular weight excluding hydrogens is 371 g/mol. The van der Waals surface area contributed by atoms with Crippen molar-refractivity contribution < 1.29 is 45.4 Å². The summed E-state index contributed by atoms with van der Waals surface area (Å²) in [5, 5.41) is 16.9. The van der Waals surface area contributed by atoms with Crippen LogP contribution in [0.1, 0.15) is 8.35 Å². The van der Waals surface area contributed by atoms with Gasteiger partial charge in [0.1, 0.15) is 17.6 Å². The monoisotopic (exact) mass is 388 g/mol. The Morgan fingerprint density at radius 2 is 1.82 bits per heavy atom. The van der Waals surface area contributed by atoms with E-state index in [1.165, 1.54) is 13.0 Å². The van der Waals surface area contributed by atoms with E-state index in [2.05, 4.69) is 15.6 Å². The molecule has 0 radical (unpaired) electrons. The fraction of sp³-hybridized carbons (Fsp3) is 0.0526. The minimum atomic E-state index is -0.514. The maximum absolute atomic E-state index is 11.3. The first-order valence-corrected chi connectivity index (χ1v) is 8.03. The van der Waals surface area contributed by atoms with Crippen molar-refractivity contribution in [3.05, 3.63) is 77.0 Å². The Kier molecular flexibility index (Phi) is 7.51. The molecule has 8 nitrogen and oxygen atoms in total. The van der Waals surface area contributed by atoms with E-state index in [1.54, 1.807) is 36.4 Å². The van der Waals surface area contributed by atoms with E-state index >= 15 is 0 Å². The molecule has 3 rings (SSSR count). The van der Waals surface area contributed by atoms with Gasteiger partial charge in [-0.15, -0.1) is 0 Å². The van der Waals surface area contributed by atoms with Gasteiger partial charge in [-0.1, -0.05) is 24.3 Å². The van der Waals surface area contributed by atoms with Crippen molar-refractivity contribution in [2.75, 3.05) is 10.6 Å². The number of anilines is 3. The number of nitrogens with zero attached hydrogens (tertiary/aromatic N) is 2. The van der Waals surface area contributed by atoms with Crippen LogP contribution in [-0.4, -0.2) is 15.8 Å². The van der Waals surface area contributed by atoms with Gasteiger partial charge >= 0.3 is 35.2 Å². The number of aromatic nitrogens is 1. The Morgan fingerprint density at radius 1 is 1.11 bits per heavy atom. The van der Waals surface area contributed by atoms with Crippen LogP contribution in [0.2, 0.25) is 0 Å². The molecule has 9 heteroatoms. The van der Waals surface area contributed by atoms with Crippen molar-refractivity contribution in [3.63, 3.8) is 0 Å². The van der Waals surface area contributed by atoms with Crippen LogP contribution in [0, 0.1) is 10.1 Å². The molecule has 138 valence electrons. The summed E-state index contributed by atoms with van der Waals surface area (Å²) in [7, 11) is 0. The molecule has 0 aliphatic rings. The molecule has 28 heavy (non-hydrogen) atoms. The second-order valence-electron chi connectivity index (χ2n) is 5.60. The van der Waals surface area contributed by atoms with Crippen molar-refractivity contribution in [1.29, 1.82) is 0 Å². The Labute approximate surface area is 184 Å². The summed E-state index contributed by atoms with van der Waals surface area (Å²) in [6, 6.07) is 17.3. The summed E-state index contributed by atoms with van der Waals surface area (Å²) in [6.07, 6.45) is 1.14. The van der Waals surface area contributed by atoms with E-state index in [9.17, 15) is 14.9 Å². The van der Waals surface area contributed by atoms with Crippen LogP contribution in [-0.2, 0) is 4.79 Å². The number of carbonyl (C=O) groups is 1. The Balaban J connectivity index is 0.00000210. The number of pyridine rings is 1. The molecule has 0 saturated carbocycles. The topological polar surface area (TPSA) is 106 Å². The summed E-state index contributed by atoms with van der Waals surface area (Å²) in [4.78, 5) is 25.9. The zero-order chi connectivity index (χ0) is 19.2. The fourth-order valence-corrected chi connectivity index (χ4v) is 2.37. The average Bonchev–Trinajstić information content (AvgIpc) is 2.62. The molecule has 0 aliphatic heterocycles. The van der Waals surface area contributed by atoms with E-state index in [1.807, 2.05) is 18.2 Å². The first-order chi connectivity index (χ1) is 13.0. The predicted octanol–water partition coefficient (Wildman–Crippen LogP) is 1.60. The van der Waals surface area contributed by atoms with Gasteiger partial charge in [-0.05, 0) is 24.3 Å². The van der Waals surface area contributed by atoms with Gasteiger partial charge in [0.25, 0.3) is 0 Å². The third-order valence-electron chi connectivity index (χ3n) is 3.48. The van der Waals surface area contributed by atoms with Crippen LogP contribution in [0.25, 0.3) is 0 Å². The fourth-order valence-electron chi connectivity index (χ4n) is 2.37. The number of carbonyl (C=O) groups excluding carboxylic acids is 1. The number of hydrogen-bond acceptors (Lipinski definition) is 6. The quantitative estimate of drug-likeness (QED) is 0.377. The normalized spacial score (nSPS) is 9.75. The molecule has 0 fully saturated rings. The maximum atomic E-state index is 11.3. The van der Waals surface area contributed by atoms with Crippen molar-refractivity contribution in [2.45, 2.75) is 6.92 Å². The smallest absolute Gasteiger partial charge is 1.00 e. The molecule has 1 amide bonds. The number of nitro groups is 1. The molecule has 1 heterocycles. The molecule has 3 aromatic rings. The number of amides is 1.